The van der Waals surface area contributed by atoms with Gasteiger partial charge in [-0.1, -0.05) is 17.7 Å². The fraction of sp³-hybridized carbons (Fsp3) is 0.250. The van der Waals surface area contributed by atoms with Gasteiger partial charge in [-0.05, 0) is 50.1 Å². The van der Waals surface area contributed by atoms with Gasteiger partial charge in [0.05, 0.1) is 25.3 Å². The number of amides is 1. The summed E-state index contributed by atoms with van der Waals surface area (Å²) in [5.74, 6) is -1.55. The van der Waals surface area contributed by atoms with Crippen LogP contribution in [0.25, 0.3) is 0 Å². The summed E-state index contributed by atoms with van der Waals surface area (Å²) in [6.07, 6.45) is 0. The maximum Gasteiger partial charge on any atom is 0.337 e. The molecule has 1 amide bonds. The molecule has 0 aromatic heterocycles. The van der Waals surface area contributed by atoms with E-state index in [0.717, 1.165) is 16.7 Å². The second-order valence-corrected chi connectivity index (χ2v) is 6.01. The Morgan fingerprint density at radius 3 is 1.65 bits per heavy atom. The van der Waals surface area contributed by atoms with Gasteiger partial charge in [-0.25, -0.2) is 9.59 Å². The number of rotatable bonds is 4. The molecule has 0 fully saturated rings. The number of nitrogens with one attached hydrogen (secondary N) is 1. The third-order valence-electron chi connectivity index (χ3n) is 3.94. The molecular weight excluding hydrogens is 334 g/mol. The molecular formula is C20H21NO5. The fourth-order valence-corrected chi connectivity index (χ4v) is 2.90. The largest absolute Gasteiger partial charge is 0.465 e. The Morgan fingerprint density at radius 1 is 0.769 bits per heavy atom. The molecule has 0 radical (unpaired) electrons. The molecule has 0 aliphatic rings. The highest BCUT2D eigenvalue weighted by Gasteiger charge is 2.17. The normalized spacial score (nSPS) is 10.2. The predicted octanol–water partition coefficient (Wildman–Crippen LogP) is 3.44. The smallest absolute Gasteiger partial charge is 0.337 e. The third kappa shape index (κ3) is 4.08. The van der Waals surface area contributed by atoms with Gasteiger partial charge in [0.1, 0.15) is 0 Å². The van der Waals surface area contributed by atoms with Crippen molar-refractivity contribution in [3.63, 3.8) is 0 Å². The first-order valence-corrected chi connectivity index (χ1v) is 7.97. The molecule has 6 heteroatoms. The summed E-state index contributed by atoms with van der Waals surface area (Å²) in [6.45, 7) is 5.68. The van der Waals surface area contributed by atoms with Crippen LogP contribution >= 0.6 is 0 Å². The van der Waals surface area contributed by atoms with E-state index in [-0.39, 0.29) is 17.0 Å². The van der Waals surface area contributed by atoms with Crippen molar-refractivity contribution in [1.82, 2.24) is 0 Å². The lowest BCUT2D eigenvalue weighted by Crippen LogP contribution is -2.16. The average Bonchev–Trinajstić information content (AvgIpc) is 2.58. The van der Waals surface area contributed by atoms with Gasteiger partial charge in [0.15, 0.2) is 0 Å². The van der Waals surface area contributed by atoms with Crippen molar-refractivity contribution in [2.45, 2.75) is 20.8 Å². The van der Waals surface area contributed by atoms with Gasteiger partial charge in [-0.15, -0.1) is 0 Å². The monoisotopic (exact) mass is 355 g/mol. The molecule has 0 unspecified atom stereocenters. The van der Waals surface area contributed by atoms with Crippen LogP contribution in [0.5, 0.6) is 0 Å². The van der Waals surface area contributed by atoms with Crippen molar-refractivity contribution >= 4 is 23.5 Å². The number of hydrogen-bond donors (Lipinski definition) is 1. The van der Waals surface area contributed by atoms with Gasteiger partial charge in [-0.3, -0.25) is 4.79 Å². The molecule has 0 aliphatic carbocycles. The van der Waals surface area contributed by atoms with E-state index in [4.69, 9.17) is 9.47 Å². The highest BCUT2D eigenvalue weighted by Crippen LogP contribution is 2.21. The van der Waals surface area contributed by atoms with Crippen LogP contribution in [0.15, 0.2) is 30.3 Å². The topological polar surface area (TPSA) is 81.7 Å². The van der Waals surface area contributed by atoms with Crippen molar-refractivity contribution in [2.75, 3.05) is 19.5 Å². The summed E-state index contributed by atoms with van der Waals surface area (Å²) < 4.78 is 9.39. The zero-order chi connectivity index (χ0) is 19.4. The summed E-state index contributed by atoms with van der Waals surface area (Å²) in [6, 6.07) is 8.11. The lowest BCUT2D eigenvalue weighted by atomic mass is 9.99. The Bertz CT molecular complexity index is 829. The van der Waals surface area contributed by atoms with Crippen molar-refractivity contribution in [3.8, 4) is 0 Å². The minimum Gasteiger partial charge on any atom is -0.465 e. The SMILES string of the molecule is COC(=O)c1cc(NC(=O)c2c(C)cc(C)cc2C)cc(C(=O)OC)c1. The van der Waals surface area contributed by atoms with Crippen molar-refractivity contribution < 1.29 is 23.9 Å². The van der Waals surface area contributed by atoms with Crippen molar-refractivity contribution in [1.29, 1.82) is 0 Å². The van der Waals surface area contributed by atoms with E-state index in [1.807, 2.05) is 32.9 Å². The third-order valence-corrected chi connectivity index (χ3v) is 3.94. The number of carbonyl (C=O) groups excluding carboxylic acids is 3. The van der Waals surface area contributed by atoms with Gasteiger partial charge >= 0.3 is 11.9 Å². The summed E-state index contributed by atoms with van der Waals surface area (Å²) in [4.78, 5) is 36.4. The maximum atomic E-state index is 12.7. The van der Waals surface area contributed by atoms with Crippen LogP contribution < -0.4 is 5.32 Å². The molecule has 2 aromatic rings. The van der Waals surface area contributed by atoms with Crippen molar-refractivity contribution in [2.24, 2.45) is 0 Å². The summed E-state index contributed by atoms with van der Waals surface area (Å²) in [7, 11) is 2.48. The Morgan fingerprint density at radius 2 is 1.23 bits per heavy atom. The molecule has 6 nitrogen and oxygen atoms in total. The van der Waals surface area contributed by atoms with Gasteiger partial charge < -0.3 is 14.8 Å². The minimum atomic E-state index is -0.617. The highest BCUT2D eigenvalue weighted by molar-refractivity contribution is 6.07. The van der Waals surface area contributed by atoms with Crippen LogP contribution in [0.2, 0.25) is 0 Å². The second kappa shape index (κ2) is 7.82. The number of aryl methyl sites for hydroxylation is 3. The molecule has 0 spiro atoms. The lowest BCUT2D eigenvalue weighted by Gasteiger charge is -2.13. The molecule has 0 saturated carbocycles. The Hall–Kier alpha value is -3.15. The average molecular weight is 355 g/mol. The molecule has 0 atom stereocenters. The summed E-state index contributed by atoms with van der Waals surface area (Å²) >= 11 is 0. The van der Waals surface area contributed by atoms with E-state index in [0.29, 0.717) is 11.3 Å². The lowest BCUT2D eigenvalue weighted by molar-refractivity contribution is 0.0599. The fourth-order valence-electron chi connectivity index (χ4n) is 2.90. The summed E-state index contributed by atoms with van der Waals surface area (Å²) in [5.41, 5.74) is 3.90. The first-order chi connectivity index (χ1) is 12.3. The van der Waals surface area contributed by atoms with Gasteiger partial charge in [0, 0.05) is 11.3 Å². The molecule has 1 N–H and O–H groups in total. The van der Waals surface area contributed by atoms with Crippen LogP contribution in [0.3, 0.4) is 0 Å². The molecule has 0 heterocycles. The number of hydrogen-bond acceptors (Lipinski definition) is 5. The zero-order valence-electron chi connectivity index (χ0n) is 15.4. The number of ether oxygens (including phenoxy) is 2. The maximum absolute atomic E-state index is 12.7. The zero-order valence-corrected chi connectivity index (χ0v) is 15.4. The first-order valence-electron chi connectivity index (χ1n) is 7.97. The summed E-state index contributed by atoms with van der Waals surface area (Å²) in [5, 5.41) is 2.74. The molecule has 2 aromatic carbocycles. The second-order valence-electron chi connectivity index (χ2n) is 6.01. The van der Waals surface area contributed by atoms with Crippen LogP contribution in [0.1, 0.15) is 47.8 Å². The van der Waals surface area contributed by atoms with Crippen LogP contribution in [0, 0.1) is 20.8 Å². The highest BCUT2D eigenvalue weighted by atomic mass is 16.5. The van der Waals surface area contributed by atoms with Crippen LogP contribution in [-0.2, 0) is 9.47 Å². The molecule has 0 aliphatic heterocycles. The van der Waals surface area contributed by atoms with E-state index >= 15 is 0 Å². The van der Waals surface area contributed by atoms with Crippen LogP contribution in [-0.4, -0.2) is 32.1 Å². The molecule has 0 saturated heterocycles. The quantitative estimate of drug-likeness (QED) is 0.850. The molecule has 136 valence electrons. The minimum absolute atomic E-state index is 0.142. The predicted molar refractivity (Wildman–Crippen MR) is 97.7 cm³/mol. The molecule has 0 bridgehead atoms. The van der Waals surface area contributed by atoms with E-state index in [9.17, 15) is 14.4 Å². The van der Waals surface area contributed by atoms with Crippen molar-refractivity contribution in [3.05, 3.63) is 63.7 Å². The Kier molecular flexibility index (Phi) is 5.77. The van der Waals surface area contributed by atoms with E-state index in [1.54, 1.807) is 0 Å². The van der Waals surface area contributed by atoms with Gasteiger partial charge in [0.2, 0.25) is 0 Å². The molecule has 26 heavy (non-hydrogen) atoms. The molecule has 2 rings (SSSR count). The standard InChI is InChI=1S/C20H21NO5/c1-11-6-12(2)17(13(3)7-11)18(22)21-16-9-14(19(23)25-4)8-15(10-16)20(24)26-5/h6-10H,1-5H3,(H,21,22). The van der Waals surface area contributed by atoms with E-state index in [1.165, 1.54) is 32.4 Å². The van der Waals surface area contributed by atoms with E-state index < -0.39 is 11.9 Å². The Labute approximate surface area is 152 Å². The number of benzene rings is 2. The Balaban J connectivity index is 2.44. The number of esters is 2. The first kappa shape index (κ1) is 19.2. The number of carbonyl (C=O) groups is 3. The number of anilines is 1. The van der Waals surface area contributed by atoms with Gasteiger partial charge in [-0.2, -0.15) is 0 Å². The van der Waals surface area contributed by atoms with Gasteiger partial charge in [0.25, 0.3) is 5.91 Å². The van der Waals surface area contributed by atoms with E-state index in [2.05, 4.69) is 5.32 Å². The number of methoxy groups -OCH3 is 2. The van der Waals surface area contributed by atoms with Crippen LogP contribution in [0.4, 0.5) is 5.69 Å².